The minimum atomic E-state index is 0.188. The van der Waals surface area contributed by atoms with Crippen LogP contribution in [0.15, 0.2) is 12.1 Å². The number of quaternary nitrogens is 1. The SMILES string of the molecule is CCCCC(=O)NCC[NH+]1CCN(c2nc3c(C)c(Cl)ccc3s2)CC1. The van der Waals surface area contributed by atoms with Crippen molar-refractivity contribution in [1.29, 1.82) is 0 Å². The van der Waals surface area contributed by atoms with Crippen LogP contribution in [0.2, 0.25) is 5.02 Å². The van der Waals surface area contributed by atoms with E-state index in [-0.39, 0.29) is 5.91 Å². The molecule has 1 fully saturated rings. The van der Waals surface area contributed by atoms with Gasteiger partial charge in [0, 0.05) is 11.4 Å². The number of benzene rings is 1. The number of aromatic nitrogens is 1. The molecule has 0 bridgehead atoms. The molecule has 1 aliphatic heterocycles. The Morgan fingerprint density at radius 1 is 1.38 bits per heavy atom. The molecule has 0 saturated carbocycles. The van der Waals surface area contributed by atoms with Gasteiger partial charge < -0.3 is 15.1 Å². The number of aryl methyl sites for hydroxylation is 1. The summed E-state index contributed by atoms with van der Waals surface area (Å²) in [5.41, 5.74) is 2.09. The first-order valence-electron chi connectivity index (χ1n) is 9.49. The molecule has 0 aliphatic carbocycles. The van der Waals surface area contributed by atoms with Crippen molar-refractivity contribution in [3.05, 3.63) is 22.7 Å². The highest BCUT2D eigenvalue weighted by Crippen LogP contribution is 2.33. The first-order valence-corrected chi connectivity index (χ1v) is 10.7. The van der Waals surface area contributed by atoms with Crippen molar-refractivity contribution in [2.45, 2.75) is 33.1 Å². The second-order valence-corrected chi connectivity index (χ2v) is 8.37. The van der Waals surface area contributed by atoms with Crippen molar-refractivity contribution in [3.63, 3.8) is 0 Å². The van der Waals surface area contributed by atoms with Gasteiger partial charge in [-0.2, -0.15) is 0 Å². The summed E-state index contributed by atoms with van der Waals surface area (Å²) >= 11 is 7.97. The number of amides is 1. The standard InChI is InChI=1S/C19H27ClN4OS/c1-3-4-5-17(25)21-8-9-23-10-12-24(13-11-23)19-22-18-14(2)15(20)6-7-16(18)26-19/h6-7H,3-5,8-13H2,1-2H3,(H,21,25)/p+1. The Hall–Kier alpha value is -1.37. The number of nitrogens with one attached hydrogen (secondary N) is 2. The van der Waals surface area contributed by atoms with Crippen LogP contribution in [0.4, 0.5) is 5.13 Å². The van der Waals surface area contributed by atoms with Crippen molar-refractivity contribution >= 4 is 44.2 Å². The number of thiazole rings is 1. The van der Waals surface area contributed by atoms with Gasteiger partial charge in [0.15, 0.2) is 5.13 Å². The highest BCUT2D eigenvalue weighted by atomic mass is 35.5. The van der Waals surface area contributed by atoms with Gasteiger partial charge in [0.2, 0.25) is 5.91 Å². The lowest BCUT2D eigenvalue weighted by molar-refractivity contribution is -0.899. The molecule has 2 heterocycles. The number of anilines is 1. The van der Waals surface area contributed by atoms with E-state index in [4.69, 9.17) is 16.6 Å². The molecule has 3 rings (SSSR count). The number of carbonyl (C=O) groups excluding carboxylic acids is 1. The maximum Gasteiger partial charge on any atom is 0.220 e. The molecule has 26 heavy (non-hydrogen) atoms. The number of piperazine rings is 1. The molecule has 142 valence electrons. The molecule has 7 heteroatoms. The molecule has 0 radical (unpaired) electrons. The Kier molecular flexibility index (Phi) is 6.73. The molecule has 2 N–H and O–H groups in total. The minimum absolute atomic E-state index is 0.188. The lowest BCUT2D eigenvalue weighted by atomic mass is 10.2. The largest absolute Gasteiger partial charge is 0.350 e. The zero-order chi connectivity index (χ0) is 18.5. The van der Waals surface area contributed by atoms with E-state index in [2.05, 4.69) is 23.2 Å². The first kappa shape index (κ1) is 19.4. The van der Waals surface area contributed by atoms with E-state index in [1.165, 1.54) is 4.70 Å². The van der Waals surface area contributed by atoms with Crippen LogP contribution in [0.1, 0.15) is 31.7 Å². The van der Waals surface area contributed by atoms with Crippen LogP contribution in [0.25, 0.3) is 10.2 Å². The predicted octanol–water partition coefficient (Wildman–Crippen LogP) is 2.27. The van der Waals surface area contributed by atoms with Crippen LogP contribution in [0.3, 0.4) is 0 Å². The van der Waals surface area contributed by atoms with Gasteiger partial charge >= 0.3 is 0 Å². The maximum absolute atomic E-state index is 11.7. The highest BCUT2D eigenvalue weighted by Gasteiger charge is 2.22. The van der Waals surface area contributed by atoms with Crippen LogP contribution in [-0.2, 0) is 4.79 Å². The number of fused-ring (bicyclic) bond motifs is 1. The number of hydrogen-bond acceptors (Lipinski definition) is 4. The van der Waals surface area contributed by atoms with Crippen LogP contribution in [-0.4, -0.2) is 50.2 Å². The van der Waals surface area contributed by atoms with Gasteiger partial charge in [0.05, 0.1) is 49.5 Å². The third-order valence-electron chi connectivity index (χ3n) is 5.04. The van der Waals surface area contributed by atoms with E-state index in [9.17, 15) is 4.79 Å². The van der Waals surface area contributed by atoms with E-state index in [0.29, 0.717) is 6.42 Å². The molecular formula is C19H28ClN4OS+. The van der Waals surface area contributed by atoms with Crippen molar-refractivity contribution < 1.29 is 9.69 Å². The highest BCUT2D eigenvalue weighted by molar-refractivity contribution is 7.22. The summed E-state index contributed by atoms with van der Waals surface area (Å²) in [6, 6.07) is 4.02. The van der Waals surface area contributed by atoms with Gasteiger partial charge in [-0.25, -0.2) is 4.98 Å². The maximum atomic E-state index is 11.7. The molecule has 0 unspecified atom stereocenters. The third-order valence-corrected chi connectivity index (χ3v) is 6.53. The monoisotopic (exact) mass is 395 g/mol. The van der Waals surface area contributed by atoms with Gasteiger partial charge in [0.1, 0.15) is 0 Å². The van der Waals surface area contributed by atoms with Crippen molar-refractivity contribution in [2.24, 2.45) is 0 Å². The molecule has 1 saturated heterocycles. The Labute approximate surface area is 164 Å². The second-order valence-electron chi connectivity index (χ2n) is 6.96. The molecular weight excluding hydrogens is 368 g/mol. The van der Waals surface area contributed by atoms with E-state index in [0.717, 1.165) is 73.3 Å². The van der Waals surface area contributed by atoms with Crippen LogP contribution in [0, 0.1) is 6.92 Å². The topological polar surface area (TPSA) is 49.7 Å². The van der Waals surface area contributed by atoms with Crippen molar-refractivity contribution in [3.8, 4) is 0 Å². The zero-order valence-electron chi connectivity index (χ0n) is 15.6. The van der Waals surface area contributed by atoms with Gasteiger partial charge in [-0.1, -0.05) is 36.3 Å². The molecule has 1 aromatic carbocycles. The number of unbranched alkanes of at least 4 members (excludes halogenated alkanes) is 1. The van der Waals surface area contributed by atoms with Gasteiger partial charge in [-0.15, -0.1) is 0 Å². The lowest BCUT2D eigenvalue weighted by Gasteiger charge is -2.32. The average molecular weight is 396 g/mol. The van der Waals surface area contributed by atoms with E-state index in [1.54, 1.807) is 16.2 Å². The fourth-order valence-corrected chi connectivity index (χ4v) is 4.52. The predicted molar refractivity (Wildman–Crippen MR) is 110 cm³/mol. The summed E-state index contributed by atoms with van der Waals surface area (Å²) in [5, 5.41) is 4.92. The van der Waals surface area contributed by atoms with E-state index >= 15 is 0 Å². The second kappa shape index (κ2) is 9.02. The summed E-state index contributed by atoms with van der Waals surface area (Å²) < 4.78 is 1.20. The van der Waals surface area contributed by atoms with E-state index < -0.39 is 0 Å². The molecule has 0 atom stereocenters. The minimum Gasteiger partial charge on any atom is -0.350 e. The van der Waals surface area contributed by atoms with Gasteiger partial charge in [-0.3, -0.25) is 4.79 Å². The molecule has 5 nitrogen and oxygen atoms in total. The fourth-order valence-electron chi connectivity index (χ4n) is 3.29. The molecule has 1 aliphatic rings. The number of nitrogens with zero attached hydrogens (tertiary/aromatic N) is 2. The van der Waals surface area contributed by atoms with Crippen LogP contribution in [0.5, 0.6) is 0 Å². The van der Waals surface area contributed by atoms with Gasteiger partial charge in [-0.05, 0) is 31.0 Å². The average Bonchev–Trinajstić information content (AvgIpc) is 3.09. The van der Waals surface area contributed by atoms with Crippen molar-refractivity contribution in [1.82, 2.24) is 10.3 Å². The normalized spacial score (nSPS) is 15.6. The summed E-state index contributed by atoms with van der Waals surface area (Å²) in [4.78, 5) is 20.4. The number of halogens is 1. The first-order chi connectivity index (χ1) is 12.6. The number of rotatable bonds is 7. The third kappa shape index (κ3) is 4.67. The number of hydrogen-bond donors (Lipinski definition) is 2. The summed E-state index contributed by atoms with van der Waals surface area (Å²) in [5.74, 6) is 0.188. The Bertz CT molecular complexity index is 755. The molecule has 0 spiro atoms. The van der Waals surface area contributed by atoms with Crippen LogP contribution < -0.4 is 15.1 Å². The van der Waals surface area contributed by atoms with E-state index in [1.807, 2.05) is 13.0 Å². The lowest BCUT2D eigenvalue weighted by Crippen LogP contribution is -3.15. The Morgan fingerprint density at radius 3 is 2.88 bits per heavy atom. The van der Waals surface area contributed by atoms with Crippen LogP contribution >= 0.6 is 22.9 Å². The molecule has 2 aromatic rings. The Morgan fingerprint density at radius 2 is 2.15 bits per heavy atom. The Balaban J connectivity index is 1.48. The smallest absolute Gasteiger partial charge is 0.220 e. The van der Waals surface area contributed by atoms with Crippen molar-refractivity contribution in [2.75, 3.05) is 44.2 Å². The zero-order valence-corrected chi connectivity index (χ0v) is 17.2. The summed E-state index contributed by atoms with van der Waals surface area (Å²) in [6.07, 6.45) is 2.70. The molecule has 1 aromatic heterocycles. The quantitative estimate of drug-likeness (QED) is 0.756. The fraction of sp³-hybridized carbons (Fsp3) is 0.579. The summed E-state index contributed by atoms with van der Waals surface area (Å²) in [7, 11) is 0. The summed E-state index contributed by atoms with van der Waals surface area (Å²) in [6.45, 7) is 10.1. The van der Waals surface area contributed by atoms with Gasteiger partial charge in [0.25, 0.3) is 0 Å². The molecule has 1 amide bonds. The number of carbonyl (C=O) groups is 1.